The summed E-state index contributed by atoms with van der Waals surface area (Å²) in [6.07, 6.45) is 0. The average molecular weight is 315 g/mol. The molecule has 0 saturated heterocycles. The normalized spacial score (nSPS) is 17.0. The highest BCUT2D eigenvalue weighted by atomic mass is 32.2. The van der Waals surface area contributed by atoms with Crippen molar-refractivity contribution in [3.8, 4) is 0 Å². The van der Waals surface area contributed by atoms with Crippen molar-refractivity contribution >= 4 is 23.5 Å². The SMILES string of the molecule is Cc1ccc2c(c1)C(=O)[C@@H](NC(=O)c1ccc(F)cc1)CS2. The Kier molecular flexibility index (Phi) is 3.98. The van der Waals surface area contributed by atoms with Crippen molar-refractivity contribution < 1.29 is 14.0 Å². The van der Waals surface area contributed by atoms with Crippen LogP contribution in [0, 0.1) is 12.7 Å². The van der Waals surface area contributed by atoms with E-state index in [9.17, 15) is 14.0 Å². The summed E-state index contributed by atoms with van der Waals surface area (Å²) in [5, 5.41) is 2.73. The maximum absolute atomic E-state index is 12.9. The van der Waals surface area contributed by atoms with Gasteiger partial charge in [-0.25, -0.2) is 4.39 Å². The van der Waals surface area contributed by atoms with Crippen LogP contribution in [0.25, 0.3) is 0 Å². The van der Waals surface area contributed by atoms with E-state index >= 15 is 0 Å². The first kappa shape index (κ1) is 14.8. The van der Waals surface area contributed by atoms with Crippen LogP contribution < -0.4 is 5.32 Å². The molecule has 2 aromatic rings. The number of benzene rings is 2. The molecule has 1 aliphatic heterocycles. The topological polar surface area (TPSA) is 46.2 Å². The highest BCUT2D eigenvalue weighted by Crippen LogP contribution is 2.30. The second kappa shape index (κ2) is 5.93. The Morgan fingerprint density at radius 1 is 1.23 bits per heavy atom. The highest BCUT2D eigenvalue weighted by molar-refractivity contribution is 7.99. The van der Waals surface area contributed by atoms with Gasteiger partial charge in [-0.15, -0.1) is 11.8 Å². The summed E-state index contributed by atoms with van der Waals surface area (Å²) in [6.45, 7) is 1.93. The first-order valence-electron chi connectivity index (χ1n) is 6.89. The maximum Gasteiger partial charge on any atom is 0.251 e. The van der Waals surface area contributed by atoms with E-state index in [-0.39, 0.29) is 11.7 Å². The smallest absolute Gasteiger partial charge is 0.251 e. The van der Waals surface area contributed by atoms with Gasteiger partial charge in [0.05, 0.1) is 0 Å². The number of ketones is 1. The minimum absolute atomic E-state index is 0.0760. The molecule has 112 valence electrons. The summed E-state index contributed by atoms with van der Waals surface area (Å²) in [5.74, 6) is -0.338. The van der Waals surface area contributed by atoms with E-state index in [1.807, 2.05) is 25.1 Å². The second-order valence-corrected chi connectivity index (χ2v) is 6.27. The molecule has 0 radical (unpaired) electrons. The molecule has 0 bridgehead atoms. The molecule has 1 atom stereocenters. The Labute approximate surface area is 131 Å². The van der Waals surface area contributed by atoms with Gasteiger partial charge in [-0.05, 0) is 43.3 Å². The van der Waals surface area contributed by atoms with Crippen LogP contribution in [0.15, 0.2) is 47.4 Å². The Balaban J connectivity index is 1.78. The predicted molar refractivity (Wildman–Crippen MR) is 83.9 cm³/mol. The minimum atomic E-state index is -0.558. The summed E-state index contributed by atoms with van der Waals surface area (Å²) in [6, 6.07) is 10.5. The third-order valence-electron chi connectivity index (χ3n) is 3.53. The number of aryl methyl sites for hydroxylation is 1. The van der Waals surface area contributed by atoms with Gasteiger partial charge in [-0.3, -0.25) is 9.59 Å². The summed E-state index contributed by atoms with van der Waals surface area (Å²) in [7, 11) is 0. The number of rotatable bonds is 2. The number of fused-ring (bicyclic) bond motifs is 1. The lowest BCUT2D eigenvalue weighted by atomic mass is 10.0. The molecule has 0 aromatic heterocycles. The average Bonchev–Trinajstić information content (AvgIpc) is 2.51. The molecule has 22 heavy (non-hydrogen) atoms. The van der Waals surface area contributed by atoms with Crippen LogP contribution in [-0.4, -0.2) is 23.5 Å². The molecule has 3 rings (SSSR count). The largest absolute Gasteiger partial charge is 0.341 e. The van der Waals surface area contributed by atoms with Crippen molar-refractivity contribution in [2.75, 3.05) is 5.75 Å². The number of nitrogens with one attached hydrogen (secondary N) is 1. The van der Waals surface area contributed by atoms with Crippen LogP contribution in [0.3, 0.4) is 0 Å². The molecule has 5 heteroatoms. The zero-order valence-electron chi connectivity index (χ0n) is 11.9. The quantitative estimate of drug-likeness (QED) is 0.925. The zero-order valence-corrected chi connectivity index (χ0v) is 12.7. The summed E-state index contributed by atoms with van der Waals surface area (Å²) >= 11 is 1.55. The van der Waals surface area contributed by atoms with E-state index in [0.717, 1.165) is 10.5 Å². The van der Waals surface area contributed by atoms with E-state index in [1.165, 1.54) is 24.3 Å². The van der Waals surface area contributed by atoms with Crippen LogP contribution >= 0.6 is 11.8 Å². The minimum Gasteiger partial charge on any atom is -0.341 e. The Hall–Kier alpha value is -2.14. The van der Waals surface area contributed by atoms with Crippen molar-refractivity contribution in [3.63, 3.8) is 0 Å². The molecular formula is C17H14FNO2S. The third kappa shape index (κ3) is 2.90. The van der Waals surface area contributed by atoms with E-state index in [0.29, 0.717) is 16.9 Å². The first-order chi connectivity index (χ1) is 10.5. The van der Waals surface area contributed by atoms with Crippen LogP contribution in [0.5, 0.6) is 0 Å². The molecule has 0 saturated carbocycles. The lowest BCUT2D eigenvalue weighted by molar-refractivity contribution is 0.0864. The number of Topliss-reactive ketones (excluding diaryl/α,β-unsaturated/α-hetero) is 1. The van der Waals surface area contributed by atoms with Crippen molar-refractivity contribution in [2.45, 2.75) is 17.9 Å². The van der Waals surface area contributed by atoms with Gasteiger partial charge >= 0.3 is 0 Å². The van der Waals surface area contributed by atoms with Crippen molar-refractivity contribution in [1.82, 2.24) is 5.32 Å². The highest BCUT2D eigenvalue weighted by Gasteiger charge is 2.29. The van der Waals surface area contributed by atoms with Gasteiger partial charge in [0.15, 0.2) is 5.78 Å². The molecule has 3 nitrogen and oxygen atoms in total. The van der Waals surface area contributed by atoms with Crippen LogP contribution in [0.4, 0.5) is 4.39 Å². The van der Waals surface area contributed by atoms with E-state index in [2.05, 4.69) is 5.32 Å². The van der Waals surface area contributed by atoms with Crippen molar-refractivity contribution in [2.24, 2.45) is 0 Å². The lowest BCUT2D eigenvalue weighted by Crippen LogP contribution is -2.44. The van der Waals surface area contributed by atoms with Crippen molar-refractivity contribution in [3.05, 3.63) is 65.0 Å². The summed E-state index contributed by atoms with van der Waals surface area (Å²) < 4.78 is 12.9. The molecule has 1 N–H and O–H groups in total. The van der Waals surface area contributed by atoms with Gasteiger partial charge in [0.25, 0.3) is 5.91 Å². The molecule has 1 amide bonds. The van der Waals surface area contributed by atoms with Gasteiger partial charge in [0.1, 0.15) is 11.9 Å². The van der Waals surface area contributed by atoms with Gasteiger partial charge in [-0.2, -0.15) is 0 Å². The van der Waals surface area contributed by atoms with Crippen LogP contribution in [-0.2, 0) is 0 Å². The maximum atomic E-state index is 12.9. The zero-order chi connectivity index (χ0) is 15.7. The van der Waals surface area contributed by atoms with Crippen LogP contribution in [0.1, 0.15) is 26.3 Å². The number of amides is 1. The fourth-order valence-corrected chi connectivity index (χ4v) is 3.41. The fraction of sp³-hybridized carbons (Fsp3) is 0.176. The van der Waals surface area contributed by atoms with Crippen LogP contribution in [0.2, 0.25) is 0 Å². The van der Waals surface area contributed by atoms with Gasteiger partial charge in [0.2, 0.25) is 0 Å². The first-order valence-corrected chi connectivity index (χ1v) is 7.87. The molecule has 0 aliphatic carbocycles. The Morgan fingerprint density at radius 3 is 2.68 bits per heavy atom. The molecular weight excluding hydrogens is 301 g/mol. The molecule has 1 heterocycles. The molecule has 1 aliphatic rings. The van der Waals surface area contributed by atoms with Crippen molar-refractivity contribution in [1.29, 1.82) is 0 Å². The summed E-state index contributed by atoms with van der Waals surface area (Å²) in [4.78, 5) is 25.6. The molecule has 0 spiro atoms. The Bertz CT molecular complexity index is 743. The number of carbonyl (C=O) groups is 2. The molecule has 0 fully saturated rings. The van der Waals surface area contributed by atoms with Gasteiger partial charge in [0, 0.05) is 21.8 Å². The van der Waals surface area contributed by atoms with Gasteiger partial charge < -0.3 is 5.32 Å². The Morgan fingerprint density at radius 2 is 1.95 bits per heavy atom. The monoisotopic (exact) mass is 315 g/mol. The molecule has 2 aromatic carbocycles. The number of halogens is 1. The standard InChI is InChI=1S/C17H14FNO2S/c1-10-2-7-15-13(8-10)16(20)14(9-22-15)19-17(21)11-3-5-12(18)6-4-11/h2-8,14H,9H2,1H3,(H,19,21)/t14-/m0/s1. The summed E-state index contributed by atoms with van der Waals surface area (Å²) in [5.41, 5.74) is 2.01. The second-order valence-electron chi connectivity index (χ2n) is 5.21. The number of thioether (sulfide) groups is 1. The number of hydrogen-bond acceptors (Lipinski definition) is 3. The van der Waals surface area contributed by atoms with E-state index < -0.39 is 11.9 Å². The fourth-order valence-electron chi connectivity index (χ4n) is 2.35. The van der Waals surface area contributed by atoms with Gasteiger partial charge in [-0.1, -0.05) is 11.6 Å². The predicted octanol–water partition coefficient (Wildman–Crippen LogP) is 3.22. The number of carbonyl (C=O) groups excluding carboxylic acids is 2. The van der Waals surface area contributed by atoms with E-state index in [1.54, 1.807) is 11.8 Å². The molecule has 0 unspecified atom stereocenters. The third-order valence-corrected chi connectivity index (χ3v) is 4.70. The number of hydrogen-bond donors (Lipinski definition) is 1. The van der Waals surface area contributed by atoms with E-state index in [4.69, 9.17) is 0 Å². The lowest BCUT2D eigenvalue weighted by Gasteiger charge is -2.24.